The Balaban J connectivity index is 3.07. The van der Waals surface area contributed by atoms with Crippen molar-refractivity contribution in [1.29, 1.82) is 5.26 Å². The molecule has 5 nitrogen and oxygen atoms in total. The fraction of sp³-hybridized carbons (Fsp3) is 0.688. The molecule has 116 valence electrons. The van der Waals surface area contributed by atoms with Crippen LogP contribution in [0.5, 0.6) is 0 Å². The number of nitrogens with one attached hydrogen (secondary N) is 1. The van der Waals surface area contributed by atoms with Crippen molar-refractivity contribution in [1.82, 2.24) is 9.97 Å². The third-order valence-corrected chi connectivity index (χ3v) is 3.20. The van der Waals surface area contributed by atoms with Crippen LogP contribution in [0, 0.1) is 17.2 Å². The summed E-state index contributed by atoms with van der Waals surface area (Å²) >= 11 is 0. The van der Waals surface area contributed by atoms with Crippen LogP contribution in [0.25, 0.3) is 0 Å². The third-order valence-electron chi connectivity index (χ3n) is 3.20. The molecule has 0 saturated carbocycles. The quantitative estimate of drug-likeness (QED) is 0.756. The lowest BCUT2D eigenvalue weighted by molar-refractivity contribution is 0.605. The van der Waals surface area contributed by atoms with Crippen molar-refractivity contribution in [3.8, 4) is 6.07 Å². The molecule has 1 heterocycles. The molecule has 0 aliphatic carbocycles. The van der Waals surface area contributed by atoms with Crippen LogP contribution in [0.3, 0.4) is 0 Å². The SMILES string of the molecule is CCCNc1ncnc(N(CCC#N)CC(C)C)c1CC. The van der Waals surface area contributed by atoms with E-state index in [1.807, 2.05) is 0 Å². The molecule has 0 unspecified atom stereocenters. The Bertz CT molecular complexity index is 464. The molecule has 1 N–H and O–H groups in total. The lowest BCUT2D eigenvalue weighted by Crippen LogP contribution is -2.30. The minimum atomic E-state index is 0.512. The van der Waals surface area contributed by atoms with Gasteiger partial charge in [0.25, 0.3) is 0 Å². The normalized spacial score (nSPS) is 10.5. The molecule has 0 bridgehead atoms. The molecule has 0 aliphatic heterocycles. The lowest BCUT2D eigenvalue weighted by Gasteiger charge is -2.27. The largest absolute Gasteiger partial charge is 0.370 e. The Labute approximate surface area is 128 Å². The van der Waals surface area contributed by atoms with Gasteiger partial charge in [0.2, 0.25) is 0 Å². The van der Waals surface area contributed by atoms with Crippen LogP contribution in [0.15, 0.2) is 6.33 Å². The summed E-state index contributed by atoms with van der Waals surface area (Å²) in [5, 5.41) is 12.2. The van der Waals surface area contributed by atoms with Crippen LogP contribution in [-0.4, -0.2) is 29.6 Å². The molecule has 1 aromatic rings. The minimum absolute atomic E-state index is 0.512. The fourth-order valence-electron chi connectivity index (χ4n) is 2.31. The van der Waals surface area contributed by atoms with E-state index in [4.69, 9.17) is 5.26 Å². The van der Waals surface area contributed by atoms with E-state index in [1.54, 1.807) is 6.33 Å². The second kappa shape index (κ2) is 9.17. The minimum Gasteiger partial charge on any atom is -0.370 e. The van der Waals surface area contributed by atoms with Gasteiger partial charge in [-0.15, -0.1) is 0 Å². The number of rotatable bonds is 9. The maximum atomic E-state index is 8.87. The molecule has 0 atom stereocenters. The van der Waals surface area contributed by atoms with Crippen molar-refractivity contribution in [2.24, 2.45) is 5.92 Å². The molecular formula is C16H27N5. The second-order valence-corrected chi connectivity index (χ2v) is 5.55. The summed E-state index contributed by atoms with van der Waals surface area (Å²) in [5.41, 5.74) is 1.14. The predicted octanol–water partition coefficient (Wildman–Crippen LogP) is 3.24. The van der Waals surface area contributed by atoms with Crippen molar-refractivity contribution in [3.63, 3.8) is 0 Å². The maximum absolute atomic E-state index is 8.87. The van der Waals surface area contributed by atoms with E-state index >= 15 is 0 Å². The lowest BCUT2D eigenvalue weighted by atomic mass is 10.1. The van der Waals surface area contributed by atoms with Gasteiger partial charge in [0.05, 0.1) is 12.5 Å². The van der Waals surface area contributed by atoms with E-state index < -0.39 is 0 Å². The molecule has 21 heavy (non-hydrogen) atoms. The zero-order valence-electron chi connectivity index (χ0n) is 13.7. The predicted molar refractivity (Wildman–Crippen MR) is 87.5 cm³/mol. The number of hydrogen-bond acceptors (Lipinski definition) is 5. The van der Waals surface area contributed by atoms with Crippen molar-refractivity contribution in [2.75, 3.05) is 29.9 Å². The molecule has 1 rings (SSSR count). The number of hydrogen-bond donors (Lipinski definition) is 1. The Hall–Kier alpha value is -1.83. The average Bonchev–Trinajstić information content (AvgIpc) is 2.48. The van der Waals surface area contributed by atoms with Gasteiger partial charge in [-0.05, 0) is 18.8 Å². The van der Waals surface area contributed by atoms with Crippen LogP contribution < -0.4 is 10.2 Å². The molecular weight excluding hydrogens is 262 g/mol. The summed E-state index contributed by atoms with van der Waals surface area (Å²) in [7, 11) is 0. The molecule has 0 spiro atoms. The summed E-state index contributed by atoms with van der Waals surface area (Å²) in [6, 6.07) is 2.23. The van der Waals surface area contributed by atoms with Crippen molar-refractivity contribution in [2.45, 2.75) is 47.0 Å². The zero-order valence-corrected chi connectivity index (χ0v) is 13.7. The van der Waals surface area contributed by atoms with Gasteiger partial charge in [-0.25, -0.2) is 9.97 Å². The molecule has 0 fully saturated rings. The first-order chi connectivity index (χ1) is 10.1. The number of nitrogens with zero attached hydrogens (tertiary/aromatic N) is 4. The van der Waals surface area contributed by atoms with Crippen molar-refractivity contribution >= 4 is 11.6 Å². The molecule has 0 aromatic carbocycles. The van der Waals surface area contributed by atoms with Gasteiger partial charge in [0, 0.05) is 25.2 Å². The monoisotopic (exact) mass is 289 g/mol. The first-order valence-corrected chi connectivity index (χ1v) is 7.83. The van der Waals surface area contributed by atoms with E-state index in [1.165, 1.54) is 0 Å². The Morgan fingerprint density at radius 3 is 2.67 bits per heavy atom. The van der Waals surface area contributed by atoms with Crippen LogP contribution in [0.2, 0.25) is 0 Å². The highest BCUT2D eigenvalue weighted by molar-refractivity contribution is 5.58. The molecule has 0 aliphatic rings. The average molecular weight is 289 g/mol. The smallest absolute Gasteiger partial charge is 0.137 e. The van der Waals surface area contributed by atoms with Crippen LogP contribution in [-0.2, 0) is 6.42 Å². The molecule has 1 aromatic heterocycles. The van der Waals surface area contributed by atoms with Crippen molar-refractivity contribution in [3.05, 3.63) is 11.9 Å². The van der Waals surface area contributed by atoms with Gasteiger partial charge in [-0.1, -0.05) is 27.7 Å². The molecule has 0 amide bonds. The van der Waals surface area contributed by atoms with Crippen molar-refractivity contribution < 1.29 is 0 Å². The number of anilines is 2. The van der Waals surface area contributed by atoms with Crippen LogP contribution in [0.4, 0.5) is 11.6 Å². The first kappa shape index (κ1) is 17.2. The molecule has 0 radical (unpaired) electrons. The number of nitriles is 1. The van der Waals surface area contributed by atoms with Gasteiger partial charge in [0.15, 0.2) is 0 Å². The van der Waals surface area contributed by atoms with Gasteiger partial charge in [0.1, 0.15) is 18.0 Å². The Morgan fingerprint density at radius 1 is 1.33 bits per heavy atom. The van der Waals surface area contributed by atoms with Gasteiger partial charge >= 0.3 is 0 Å². The topological polar surface area (TPSA) is 64.8 Å². The van der Waals surface area contributed by atoms with Crippen LogP contribution in [0.1, 0.15) is 46.1 Å². The molecule has 0 saturated heterocycles. The van der Waals surface area contributed by atoms with E-state index in [-0.39, 0.29) is 0 Å². The second-order valence-electron chi connectivity index (χ2n) is 5.55. The van der Waals surface area contributed by atoms with E-state index in [9.17, 15) is 0 Å². The number of aromatic nitrogens is 2. The Kier molecular flexibility index (Phi) is 7.52. The van der Waals surface area contributed by atoms with E-state index in [0.29, 0.717) is 18.9 Å². The molecule has 5 heteroatoms. The van der Waals surface area contributed by atoms with Gasteiger partial charge in [-0.2, -0.15) is 5.26 Å². The van der Waals surface area contributed by atoms with E-state index in [0.717, 1.165) is 43.1 Å². The summed E-state index contributed by atoms with van der Waals surface area (Å²) < 4.78 is 0. The third kappa shape index (κ3) is 5.22. The summed E-state index contributed by atoms with van der Waals surface area (Å²) in [6.07, 6.45) is 4.07. The zero-order chi connectivity index (χ0) is 15.7. The maximum Gasteiger partial charge on any atom is 0.137 e. The summed E-state index contributed by atoms with van der Waals surface area (Å²) in [6.45, 7) is 11.2. The fourth-order valence-corrected chi connectivity index (χ4v) is 2.31. The van der Waals surface area contributed by atoms with Gasteiger partial charge < -0.3 is 10.2 Å². The summed E-state index contributed by atoms with van der Waals surface area (Å²) in [5.74, 6) is 2.42. The summed E-state index contributed by atoms with van der Waals surface area (Å²) in [4.78, 5) is 11.1. The highest BCUT2D eigenvalue weighted by Gasteiger charge is 2.16. The standard InChI is InChI=1S/C16H27N5/c1-5-9-18-15-14(6-2)16(20-12-19-15)21(10-7-8-17)11-13(3)4/h12-13H,5-7,9-11H2,1-4H3,(H,18,19,20). The van der Waals surface area contributed by atoms with Gasteiger partial charge in [-0.3, -0.25) is 0 Å². The van der Waals surface area contributed by atoms with E-state index in [2.05, 4.69) is 53.9 Å². The highest BCUT2D eigenvalue weighted by atomic mass is 15.2. The Morgan fingerprint density at radius 2 is 2.10 bits per heavy atom. The van der Waals surface area contributed by atoms with Crippen LogP contribution >= 0.6 is 0 Å². The highest BCUT2D eigenvalue weighted by Crippen LogP contribution is 2.25. The first-order valence-electron chi connectivity index (χ1n) is 7.83.